The molecule has 0 spiro atoms. The molecule has 0 aromatic carbocycles. The average Bonchev–Trinajstić information content (AvgIpc) is 3.08. The van der Waals surface area contributed by atoms with Crippen LogP contribution in [0.1, 0.15) is 16.8 Å². The summed E-state index contributed by atoms with van der Waals surface area (Å²) in [6.07, 6.45) is 3.02. The number of hydrogen-bond acceptors (Lipinski definition) is 4. The summed E-state index contributed by atoms with van der Waals surface area (Å²) in [6, 6.07) is 3.60. The van der Waals surface area contributed by atoms with Crippen LogP contribution in [-0.4, -0.2) is 34.2 Å². The number of guanidine groups is 1. The van der Waals surface area contributed by atoms with E-state index in [1.165, 1.54) is 11.3 Å². The highest BCUT2D eigenvalue weighted by atomic mass is 127. The zero-order chi connectivity index (χ0) is 15.2. The first kappa shape index (κ1) is 19.2. The molecule has 22 heavy (non-hydrogen) atoms. The predicted octanol–water partition coefficient (Wildman–Crippen LogP) is 2.15. The lowest BCUT2D eigenvalue weighted by molar-refractivity contribution is 0.184. The van der Waals surface area contributed by atoms with Gasteiger partial charge in [-0.1, -0.05) is 11.6 Å². The predicted molar refractivity (Wildman–Crippen MR) is 101 cm³/mol. The molecule has 3 N–H and O–H groups in total. The average molecular weight is 456 g/mol. The van der Waals surface area contributed by atoms with Gasteiger partial charge in [0.05, 0.1) is 10.9 Å². The Kier molecular flexibility index (Phi) is 8.15. The largest absolute Gasteiger partial charge is 0.386 e. The molecular weight excluding hydrogens is 437 g/mol. The van der Waals surface area contributed by atoms with E-state index in [-0.39, 0.29) is 24.0 Å². The van der Waals surface area contributed by atoms with Crippen molar-refractivity contribution < 1.29 is 5.11 Å². The number of aliphatic hydroxyl groups excluding tert-OH is 1. The van der Waals surface area contributed by atoms with Crippen molar-refractivity contribution in [1.29, 1.82) is 0 Å². The van der Waals surface area contributed by atoms with Gasteiger partial charge >= 0.3 is 0 Å². The lowest BCUT2D eigenvalue weighted by Crippen LogP contribution is -2.39. The van der Waals surface area contributed by atoms with E-state index in [1.807, 2.05) is 23.9 Å². The van der Waals surface area contributed by atoms with E-state index in [4.69, 9.17) is 11.6 Å². The van der Waals surface area contributed by atoms with Crippen molar-refractivity contribution in [3.63, 3.8) is 0 Å². The highest BCUT2D eigenvalue weighted by Gasteiger charge is 2.11. The molecule has 0 saturated heterocycles. The quantitative estimate of drug-likeness (QED) is 0.367. The highest BCUT2D eigenvalue weighted by Crippen LogP contribution is 2.26. The molecule has 0 saturated carbocycles. The summed E-state index contributed by atoms with van der Waals surface area (Å²) in [5.74, 6) is 1.52. The molecule has 0 fully saturated rings. The van der Waals surface area contributed by atoms with Crippen LogP contribution < -0.4 is 10.6 Å². The van der Waals surface area contributed by atoms with E-state index in [0.717, 1.165) is 10.7 Å². The maximum absolute atomic E-state index is 10.1. The minimum Gasteiger partial charge on any atom is -0.386 e. The number of hydrogen-bond donors (Lipinski definition) is 3. The number of thiophene rings is 1. The van der Waals surface area contributed by atoms with Crippen LogP contribution in [0.15, 0.2) is 29.5 Å². The molecule has 0 aliphatic heterocycles. The fourth-order valence-corrected chi connectivity index (χ4v) is 2.80. The van der Waals surface area contributed by atoms with Gasteiger partial charge in [0.25, 0.3) is 0 Å². The second-order valence-corrected chi connectivity index (χ2v) is 6.17. The molecule has 122 valence electrons. The molecule has 2 rings (SSSR count). The highest BCUT2D eigenvalue weighted by molar-refractivity contribution is 14.0. The number of aliphatic imine (C=N–C) groups is 1. The van der Waals surface area contributed by atoms with Crippen LogP contribution in [0, 0.1) is 0 Å². The molecule has 9 heteroatoms. The van der Waals surface area contributed by atoms with E-state index in [1.54, 1.807) is 19.3 Å². The lowest BCUT2D eigenvalue weighted by atomic mass is 10.3. The summed E-state index contributed by atoms with van der Waals surface area (Å²) in [5, 5.41) is 16.3. The smallest absolute Gasteiger partial charge is 0.191 e. The fraction of sp³-hybridized carbons (Fsp3) is 0.385. The van der Waals surface area contributed by atoms with Gasteiger partial charge in [-0.25, -0.2) is 4.98 Å². The molecule has 2 aromatic rings. The van der Waals surface area contributed by atoms with Gasteiger partial charge in [0, 0.05) is 37.9 Å². The molecule has 0 amide bonds. The number of nitrogens with one attached hydrogen (secondary N) is 2. The van der Waals surface area contributed by atoms with Crippen LogP contribution in [0.3, 0.4) is 0 Å². The normalized spacial score (nSPS) is 12.6. The van der Waals surface area contributed by atoms with Crippen LogP contribution >= 0.6 is 46.9 Å². The van der Waals surface area contributed by atoms with Gasteiger partial charge in [-0.15, -0.1) is 35.3 Å². The topological polar surface area (TPSA) is 74.5 Å². The molecule has 0 bridgehead atoms. The summed E-state index contributed by atoms with van der Waals surface area (Å²) in [5.41, 5.74) is 0. The minimum atomic E-state index is -0.616. The monoisotopic (exact) mass is 455 g/mol. The maximum atomic E-state index is 10.1. The Morgan fingerprint density at radius 1 is 1.50 bits per heavy atom. The van der Waals surface area contributed by atoms with Crippen LogP contribution in [0.2, 0.25) is 4.34 Å². The summed E-state index contributed by atoms with van der Waals surface area (Å²) in [6.45, 7) is 0.918. The SMILES string of the molecule is CN=C(NCc1nccn1C)NCC(O)c1ccc(Cl)s1.I. The molecule has 0 aliphatic rings. The third-order valence-electron chi connectivity index (χ3n) is 2.94. The van der Waals surface area contributed by atoms with Crippen molar-refractivity contribution in [2.45, 2.75) is 12.6 Å². The number of rotatable bonds is 5. The van der Waals surface area contributed by atoms with Gasteiger partial charge in [-0.2, -0.15) is 0 Å². The molecule has 2 aromatic heterocycles. The standard InChI is InChI=1S/C13H18ClN5OS.HI/c1-15-13(18-8-12-16-5-6-19(12)2)17-7-9(20)10-3-4-11(14)21-10;/h3-6,9,20H,7-8H2,1-2H3,(H2,15,17,18);1H. The van der Waals surface area contributed by atoms with Crippen molar-refractivity contribution in [3.8, 4) is 0 Å². The number of imidazole rings is 1. The lowest BCUT2D eigenvalue weighted by Gasteiger charge is -2.14. The van der Waals surface area contributed by atoms with Crippen LogP contribution in [-0.2, 0) is 13.6 Å². The molecule has 0 radical (unpaired) electrons. The Morgan fingerprint density at radius 2 is 2.27 bits per heavy atom. The molecule has 1 atom stereocenters. The van der Waals surface area contributed by atoms with Crippen molar-refractivity contribution >= 4 is 52.9 Å². The van der Waals surface area contributed by atoms with Gasteiger partial charge in [-0.3, -0.25) is 4.99 Å². The Morgan fingerprint density at radius 3 is 2.82 bits per heavy atom. The summed E-state index contributed by atoms with van der Waals surface area (Å²) in [4.78, 5) is 9.16. The van der Waals surface area contributed by atoms with Crippen molar-refractivity contribution in [2.24, 2.45) is 12.0 Å². The summed E-state index contributed by atoms with van der Waals surface area (Å²) < 4.78 is 2.60. The van der Waals surface area contributed by atoms with Crippen molar-refractivity contribution in [3.05, 3.63) is 39.6 Å². The van der Waals surface area contributed by atoms with Crippen LogP contribution in [0.5, 0.6) is 0 Å². The molecule has 2 heterocycles. The Bertz CT molecular complexity index is 615. The van der Waals surface area contributed by atoms with Crippen molar-refractivity contribution in [2.75, 3.05) is 13.6 Å². The van der Waals surface area contributed by atoms with Gasteiger partial charge in [0.1, 0.15) is 11.9 Å². The van der Waals surface area contributed by atoms with E-state index >= 15 is 0 Å². The third-order valence-corrected chi connectivity index (χ3v) is 4.28. The minimum absolute atomic E-state index is 0. The number of aliphatic hydroxyl groups is 1. The zero-order valence-corrected chi connectivity index (χ0v) is 16.2. The van der Waals surface area contributed by atoms with E-state index < -0.39 is 6.10 Å². The Labute approximate surface area is 155 Å². The Hall–Kier alpha value is -0.840. The zero-order valence-electron chi connectivity index (χ0n) is 12.3. The summed E-state index contributed by atoms with van der Waals surface area (Å²) >= 11 is 7.23. The van der Waals surface area contributed by atoms with Gasteiger partial charge in [0.15, 0.2) is 5.96 Å². The van der Waals surface area contributed by atoms with Crippen molar-refractivity contribution in [1.82, 2.24) is 20.2 Å². The first-order valence-corrected chi connectivity index (χ1v) is 7.63. The van der Waals surface area contributed by atoms with E-state index in [0.29, 0.717) is 23.4 Å². The maximum Gasteiger partial charge on any atom is 0.191 e. The molecule has 0 aliphatic carbocycles. The summed E-state index contributed by atoms with van der Waals surface area (Å²) in [7, 11) is 3.62. The van der Waals surface area contributed by atoms with Gasteiger partial charge < -0.3 is 20.3 Å². The molecular formula is C13H19ClIN5OS. The molecule has 6 nitrogen and oxygen atoms in total. The second-order valence-electron chi connectivity index (χ2n) is 4.42. The second kappa shape index (κ2) is 9.33. The fourth-order valence-electron chi connectivity index (χ4n) is 1.75. The number of aromatic nitrogens is 2. The van der Waals surface area contributed by atoms with Gasteiger partial charge in [-0.05, 0) is 12.1 Å². The van der Waals surface area contributed by atoms with E-state index in [9.17, 15) is 5.11 Å². The number of nitrogens with zero attached hydrogens (tertiary/aromatic N) is 3. The van der Waals surface area contributed by atoms with Gasteiger partial charge in [0.2, 0.25) is 0 Å². The molecule has 1 unspecified atom stereocenters. The first-order chi connectivity index (χ1) is 10.1. The third kappa shape index (κ3) is 5.41. The number of aryl methyl sites for hydroxylation is 1. The Balaban J connectivity index is 0.00000242. The first-order valence-electron chi connectivity index (χ1n) is 6.44. The van der Waals surface area contributed by atoms with Crippen LogP contribution in [0.4, 0.5) is 0 Å². The van der Waals surface area contributed by atoms with E-state index in [2.05, 4.69) is 20.6 Å². The number of halogens is 2. The van der Waals surface area contributed by atoms with Crippen LogP contribution in [0.25, 0.3) is 0 Å².